The summed E-state index contributed by atoms with van der Waals surface area (Å²) < 4.78 is 0. The highest BCUT2D eigenvalue weighted by atomic mass is 16.3. The second-order valence-electron chi connectivity index (χ2n) is 7.26. The third-order valence-corrected chi connectivity index (χ3v) is 5.57. The number of carbonyl (C=O) groups excluding carboxylic acids is 1. The Hall–Kier alpha value is -2.70. The van der Waals surface area contributed by atoms with Crippen LogP contribution in [-0.2, 0) is 6.42 Å². The maximum Gasteiger partial charge on any atom is 0.256 e. The Morgan fingerprint density at radius 3 is 2.81 bits per heavy atom. The van der Waals surface area contributed by atoms with Gasteiger partial charge in [-0.3, -0.25) is 9.79 Å². The van der Waals surface area contributed by atoms with E-state index in [4.69, 9.17) is 10.7 Å². The number of amides is 1. The lowest BCUT2D eigenvalue weighted by Crippen LogP contribution is -2.43. The average molecular weight is 364 g/mol. The third-order valence-electron chi connectivity index (χ3n) is 5.57. The monoisotopic (exact) mass is 364 g/mol. The summed E-state index contributed by atoms with van der Waals surface area (Å²) in [5, 5.41) is 18.0. The lowest BCUT2D eigenvalue weighted by Gasteiger charge is -2.32. The number of nitrogens with zero attached hydrogens (tertiary/aromatic N) is 1. The Morgan fingerprint density at radius 2 is 2.07 bits per heavy atom. The average Bonchev–Trinajstić information content (AvgIpc) is 3.05. The van der Waals surface area contributed by atoms with Gasteiger partial charge in [-0.1, -0.05) is 18.2 Å². The highest BCUT2D eigenvalue weighted by Crippen LogP contribution is 2.35. The van der Waals surface area contributed by atoms with E-state index >= 15 is 0 Å². The number of anilines is 1. The van der Waals surface area contributed by atoms with Crippen LogP contribution in [0.5, 0.6) is 0 Å². The van der Waals surface area contributed by atoms with Gasteiger partial charge in [0, 0.05) is 29.3 Å². The maximum absolute atomic E-state index is 12.1. The van der Waals surface area contributed by atoms with E-state index in [1.54, 1.807) is 12.4 Å². The van der Waals surface area contributed by atoms with Crippen LogP contribution in [0.2, 0.25) is 0 Å². The number of aliphatic hydroxyl groups excluding tert-OH is 1. The molecule has 0 bridgehead atoms. The predicted molar refractivity (Wildman–Crippen MR) is 108 cm³/mol. The molecule has 0 spiro atoms. The Bertz CT molecular complexity index is 943. The molecule has 0 atom stereocenters. The number of rotatable bonds is 5. The van der Waals surface area contributed by atoms with Gasteiger partial charge in [0.1, 0.15) is 0 Å². The van der Waals surface area contributed by atoms with Gasteiger partial charge >= 0.3 is 0 Å². The largest absolute Gasteiger partial charge is 0.404 e. The number of benzene rings is 2. The number of nitrogens with one attached hydrogen (secondary N) is 2. The van der Waals surface area contributed by atoms with Gasteiger partial charge in [-0.2, -0.15) is 0 Å². The number of allylic oxidation sites excluding steroid dienone is 1. The number of carbonyl (C=O) groups is 1. The maximum atomic E-state index is 12.1. The summed E-state index contributed by atoms with van der Waals surface area (Å²) in [7, 11) is 0. The van der Waals surface area contributed by atoms with E-state index in [-0.39, 0.29) is 12.5 Å². The highest BCUT2D eigenvalue weighted by molar-refractivity contribution is 6.24. The van der Waals surface area contributed by atoms with Gasteiger partial charge in [-0.25, -0.2) is 0 Å². The first kappa shape index (κ1) is 17.7. The number of hydrogen-bond donors (Lipinski definition) is 4. The Balaban J connectivity index is 1.63. The molecule has 2 aliphatic heterocycles. The summed E-state index contributed by atoms with van der Waals surface area (Å²) in [5.74, 6) is -0.0558. The lowest BCUT2D eigenvalue weighted by atomic mass is 9.90. The minimum Gasteiger partial charge on any atom is -0.404 e. The third kappa shape index (κ3) is 3.22. The van der Waals surface area contributed by atoms with Crippen molar-refractivity contribution in [2.75, 3.05) is 25.0 Å². The van der Waals surface area contributed by atoms with Crippen molar-refractivity contribution < 1.29 is 9.90 Å². The molecule has 1 saturated heterocycles. The zero-order chi connectivity index (χ0) is 18.9. The first-order valence-corrected chi connectivity index (χ1v) is 9.29. The van der Waals surface area contributed by atoms with E-state index in [0.717, 1.165) is 53.5 Å². The van der Waals surface area contributed by atoms with Crippen LogP contribution >= 0.6 is 0 Å². The van der Waals surface area contributed by atoms with Crippen LogP contribution < -0.4 is 16.4 Å². The van der Waals surface area contributed by atoms with Crippen LogP contribution in [0.3, 0.4) is 0 Å². The van der Waals surface area contributed by atoms with E-state index in [1.165, 1.54) is 0 Å². The molecule has 2 heterocycles. The Labute approximate surface area is 158 Å². The van der Waals surface area contributed by atoms with E-state index in [2.05, 4.69) is 10.6 Å². The molecule has 1 fully saturated rings. The van der Waals surface area contributed by atoms with Crippen molar-refractivity contribution >= 4 is 28.6 Å². The van der Waals surface area contributed by atoms with Crippen LogP contribution in [0.25, 0.3) is 10.8 Å². The van der Waals surface area contributed by atoms with Gasteiger partial charge in [0.25, 0.3) is 5.91 Å². The van der Waals surface area contributed by atoms with E-state index < -0.39 is 5.54 Å². The van der Waals surface area contributed by atoms with Crippen LogP contribution in [0.1, 0.15) is 28.8 Å². The van der Waals surface area contributed by atoms with Crippen molar-refractivity contribution in [3.63, 3.8) is 0 Å². The van der Waals surface area contributed by atoms with Crippen molar-refractivity contribution in [1.82, 2.24) is 5.32 Å². The van der Waals surface area contributed by atoms with Gasteiger partial charge in [-0.05, 0) is 60.8 Å². The molecule has 2 aliphatic rings. The first-order valence-electron chi connectivity index (χ1n) is 9.29. The summed E-state index contributed by atoms with van der Waals surface area (Å²) in [5.41, 5.74) is 9.00. The second-order valence-corrected chi connectivity index (χ2v) is 7.26. The lowest BCUT2D eigenvalue weighted by molar-refractivity contribution is 0.103. The van der Waals surface area contributed by atoms with Crippen molar-refractivity contribution in [2.45, 2.75) is 24.8 Å². The van der Waals surface area contributed by atoms with Crippen molar-refractivity contribution in [3.8, 4) is 0 Å². The molecule has 0 radical (unpaired) electrons. The van der Waals surface area contributed by atoms with Gasteiger partial charge in [-0.15, -0.1) is 0 Å². The van der Waals surface area contributed by atoms with Gasteiger partial charge in [0.05, 0.1) is 12.1 Å². The topological polar surface area (TPSA) is 99.7 Å². The summed E-state index contributed by atoms with van der Waals surface area (Å²) >= 11 is 0. The summed E-state index contributed by atoms with van der Waals surface area (Å²) in [6, 6.07) is 9.76. The molecule has 140 valence electrons. The van der Waals surface area contributed by atoms with E-state index in [1.807, 2.05) is 30.3 Å². The fourth-order valence-electron chi connectivity index (χ4n) is 3.91. The van der Waals surface area contributed by atoms with Crippen LogP contribution in [0.15, 0.2) is 47.1 Å². The minimum atomic E-state index is -0.419. The van der Waals surface area contributed by atoms with E-state index in [9.17, 15) is 9.90 Å². The zero-order valence-electron chi connectivity index (χ0n) is 15.2. The van der Waals surface area contributed by atoms with Crippen LogP contribution in [0.4, 0.5) is 5.69 Å². The van der Waals surface area contributed by atoms with Crippen molar-refractivity contribution in [2.24, 2.45) is 10.7 Å². The molecule has 4 rings (SSSR count). The van der Waals surface area contributed by atoms with E-state index in [0.29, 0.717) is 12.0 Å². The number of hydrogen-bond acceptors (Lipinski definition) is 5. The fourth-order valence-corrected chi connectivity index (χ4v) is 3.91. The first-order chi connectivity index (χ1) is 13.2. The molecular weight excluding hydrogens is 340 g/mol. The van der Waals surface area contributed by atoms with Gasteiger partial charge < -0.3 is 21.5 Å². The van der Waals surface area contributed by atoms with Gasteiger partial charge in [0.2, 0.25) is 0 Å². The molecule has 0 aliphatic carbocycles. The number of nitrogens with two attached hydrogens (primary N) is 1. The minimum absolute atomic E-state index is 0.0395. The summed E-state index contributed by atoms with van der Waals surface area (Å²) in [4.78, 5) is 16.8. The normalized spacial score (nSPS) is 19.0. The molecule has 6 heteroatoms. The van der Waals surface area contributed by atoms with Crippen molar-refractivity contribution in [1.29, 1.82) is 0 Å². The molecule has 5 N–H and O–H groups in total. The smallest absolute Gasteiger partial charge is 0.256 e. The standard InChI is InChI=1S/C21H24N4O2/c22-11-14(12-24-21(13-26)6-8-23-9-7-21)10-15-4-5-18-19-16(15)2-1-3-17(19)20(27)25-18/h1-5,11-12,23,26H,6-10,13,22H2,(H,25,27). The molecule has 0 unspecified atom stereocenters. The molecule has 2 aromatic carbocycles. The SMILES string of the molecule is NC=C(C=NC1(CO)CCNCC1)Cc1ccc2c3c(cccc13)C(=O)N2. The van der Waals surface area contributed by atoms with Crippen molar-refractivity contribution in [3.05, 3.63) is 53.2 Å². The molecule has 1 amide bonds. The van der Waals surface area contributed by atoms with Crippen LogP contribution in [-0.4, -0.2) is 42.5 Å². The molecule has 6 nitrogen and oxygen atoms in total. The number of piperidine rings is 1. The molecule has 2 aromatic rings. The predicted octanol–water partition coefficient (Wildman–Crippen LogP) is 1.98. The highest BCUT2D eigenvalue weighted by Gasteiger charge is 2.30. The Morgan fingerprint density at radius 1 is 1.26 bits per heavy atom. The molecular formula is C21H24N4O2. The summed E-state index contributed by atoms with van der Waals surface area (Å²) in [6.45, 7) is 1.75. The molecule has 27 heavy (non-hydrogen) atoms. The fraction of sp³-hybridized carbons (Fsp3) is 0.333. The van der Waals surface area contributed by atoms with Crippen LogP contribution in [0, 0.1) is 0 Å². The number of aliphatic hydroxyl groups is 1. The summed E-state index contributed by atoms with van der Waals surface area (Å²) in [6.07, 6.45) is 5.61. The quantitative estimate of drug-likeness (QED) is 0.610. The number of aliphatic imine (C=N–C) groups is 1. The second kappa shape index (κ2) is 7.13. The molecule has 0 saturated carbocycles. The zero-order valence-corrected chi connectivity index (χ0v) is 15.2. The molecule has 0 aromatic heterocycles. The van der Waals surface area contributed by atoms with Gasteiger partial charge in [0.15, 0.2) is 0 Å². The Kier molecular flexibility index (Phi) is 4.68.